The Hall–Kier alpha value is -1.59. The molecule has 0 spiro atoms. The van der Waals surface area contributed by atoms with E-state index in [1.165, 1.54) is 7.11 Å². The maximum Gasteiger partial charge on any atom is 0.306 e. The van der Waals surface area contributed by atoms with E-state index in [1.807, 2.05) is 0 Å². The fraction of sp³-hybridized carbons (Fsp3) is 0.364. The first-order valence-electron chi connectivity index (χ1n) is 4.76. The third kappa shape index (κ3) is 3.22. The Morgan fingerprint density at radius 2 is 1.88 bits per heavy atom. The van der Waals surface area contributed by atoms with Gasteiger partial charge in [-0.2, -0.15) is 0 Å². The maximum absolute atomic E-state index is 10.4. The number of hydrogen-bond acceptors (Lipinski definition) is 4. The summed E-state index contributed by atoms with van der Waals surface area (Å²) in [5, 5.41) is 27.5. The van der Waals surface area contributed by atoms with E-state index >= 15 is 0 Å². The Bertz CT molecular complexity index is 346. The summed E-state index contributed by atoms with van der Waals surface area (Å²) in [6.45, 7) is 0. The number of aliphatic hydroxyl groups is 2. The Morgan fingerprint density at radius 3 is 2.31 bits per heavy atom. The van der Waals surface area contributed by atoms with E-state index in [2.05, 4.69) is 0 Å². The Kier molecular flexibility index (Phi) is 4.28. The zero-order chi connectivity index (χ0) is 12.1. The summed E-state index contributed by atoms with van der Waals surface area (Å²) in [5.41, 5.74) is 0.453. The van der Waals surface area contributed by atoms with E-state index in [4.69, 9.17) is 9.84 Å². The zero-order valence-electron chi connectivity index (χ0n) is 8.83. The molecular formula is C11H14O5. The molecule has 0 aromatic heterocycles. The van der Waals surface area contributed by atoms with Crippen LogP contribution in [0.3, 0.4) is 0 Å². The Morgan fingerprint density at radius 1 is 1.31 bits per heavy atom. The van der Waals surface area contributed by atoms with E-state index in [0.29, 0.717) is 11.3 Å². The minimum absolute atomic E-state index is 0.453. The number of aliphatic carboxylic acids is 1. The molecule has 2 atom stereocenters. The highest BCUT2D eigenvalue weighted by Gasteiger charge is 2.20. The van der Waals surface area contributed by atoms with Crippen LogP contribution in [0.2, 0.25) is 0 Å². The van der Waals surface area contributed by atoms with Crippen molar-refractivity contribution in [2.75, 3.05) is 7.11 Å². The second kappa shape index (κ2) is 5.48. The smallest absolute Gasteiger partial charge is 0.306 e. The van der Waals surface area contributed by atoms with Gasteiger partial charge in [0, 0.05) is 0 Å². The molecule has 16 heavy (non-hydrogen) atoms. The van der Waals surface area contributed by atoms with Crippen LogP contribution in [-0.2, 0) is 4.79 Å². The van der Waals surface area contributed by atoms with Gasteiger partial charge in [0.25, 0.3) is 0 Å². The SMILES string of the molecule is COc1ccc(C(O)C(O)CC(=O)O)cc1. The third-order valence-corrected chi connectivity index (χ3v) is 2.21. The van der Waals surface area contributed by atoms with E-state index < -0.39 is 24.6 Å². The fourth-order valence-corrected chi connectivity index (χ4v) is 1.31. The van der Waals surface area contributed by atoms with Crippen molar-refractivity contribution in [2.45, 2.75) is 18.6 Å². The first kappa shape index (κ1) is 12.5. The van der Waals surface area contributed by atoms with Crippen molar-refractivity contribution in [3.63, 3.8) is 0 Å². The molecular weight excluding hydrogens is 212 g/mol. The number of carboxylic acid groups (broad SMARTS) is 1. The first-order chi connectivity index (χ1) is 7.54. The van der Waals surface area contributed by atoms with Crippen molar-refractivity contribution < 1.29 is 24.9 Å². The summed E-state index contributed by atoms with van der Waals surface area (Å²) in [6, 6.07) is 6.42. The number of methoxy groups -OCH3 is 1. The quantitative estimate of drug-likeness (QED) is 0.683. The normalized spacial score (nSPS) is 14.2. The summed E-state index contributed by atoms with van der Waals surface area (Å²) in [6.07, 6.45) is -3.01. The topological polar surface area (TPSA) is 87.0 Å². The molecule has 5 heteroatoms. The van der Waals surface area contributed by atoms with Crippen LogP contribution in [0, 0.1) is 0 Å². The van der Waals surface area contributed by atoms with Gasteiger partial charge in [-0.1, -0.05) is 12.1 Å². The molecule has 0 aliphatic carbocycles. The highest BCUT2D eigenvalue weighted by Crippen LogP contribution is 2.21. The largest absolute Gasteiger partial charge is 0.497 e. The van der Waals surface area contributed by atoms with Gasteiger partial charge in [-0.3, -0.25) is 4.79 Å². The molecule has 88 valence electrons. The number of rotatable bonds is 5. The minimum Gasteiger partial charge on any atom is -0.497 e. The van der Waals surface area contributed by atoms with E-state index in [9.17, 15) is 15.0 Å². The number of benzene rings is 1. The van der Waals surface area contributed by atoms with Crippen LogP contribution in [0.25, 0.3) is 0 Å². The van der Waals surface area contributed by atoms with Gasteiger partial charge in [0.15, 0.2) is 0 Å². The predicted octanol–water partition coefficient (Wildman–Crippen LogP) is 0.564. The van der Waals surface area contributed by atoms with Gasteiger partial charge in [0.05, 0.1) is 19.6 Å². The Labute approximate surface area is 92.9 Å². The van der Waals surface area contributed by atoms with Crippen molar-refractivity contribution in [1.82, 2.24) is 0 Å². The summed E-state index contributed by atoms with van der Waals surface area (Å²) >= 11 is 0. The number of aliphatic hydroxyl groups excluding tert-OH is 2. The van der Waals surface area contributed by atoms with Crippen LogP contribution >= 0.6 is 0 Å². The summed E-state index contributed by atoms with van der Waals surface area (Å²) in [7, 11) is 1.52. The second-order valence-corrected chi connectivity index (χ2v) is 3.38. The van der Waals surface area contributed by atoms with Crippen molar-refractivity contribution in [3.05, 3.63) is 29.8 Å². The van der Waals surface area contributed by atoms with Crippen LogP contribution in [-0.4, -0.2) is 34.5 Å². The lowest BCUT2D eigenvalue weighted by atomic mass is 10.0. The standard InChI is InChI=1S/C11H14O5/c1-16-8-4-2-7(3-5-8)11(15)9(12)6-10(13)14/h2-5,9,11-12,15H,6H2,1H3,(H,13,14). The van der Waals surface area contributed by atoms with Gasteiger partial charge in [-0.25, -0.2) is 0 Å². The second-order valence-electron chi connectivity index (χ2n) is 3.38. The molecule has 1 rings (SSSR count). The minimum atomic E-state index is -1.31. The fourth-order valence-electron chi connectivity index (χ4n) is 1.31. The van der Waals surface area contributed by atoms with Gasteiger partial charge in [-0.05, 0) is 17.7 Å². The number of carboxylic acids is 1. The van der Waals surface area contributed by atoms with Crippen molar-refractivity contribution in [1.29, 1.82) is 0 Å². The van der Waals surface area contributed by atoms with Crippen LogP contribution in [0.1, 0.15) is 18.1 Å². The van der Waals surface area contributed by atoms with Gasteiger partial charge >= 0.3 is 5.97 Å². The summed E-state index contributed by atoms with van der Waals surface area (Å²) in [4.78, 5) is 10.4. The van der Waals surface area contributed by atoms with Crippen molar-refractivity contribution >= 4 is 5.97 Å². The molecule has 1 aromatic carbocycles. The lowest BCUT2D eigenvalue weighted by molar-refractivity contribution is -0.141. The summed E-state index contributed by atoms with van der Waals surface area (Å²) < 4.78 is 4.94. The molecule has 0 saturated carbocycles. The van der Waals surface area contributed by atoms with Crippen molar-refractivity contribution in [3.8, 4) is 5.75 Å². The predicted molar refractivity (Wildman–Crippen MR) is 56.2 cm³/mol. The number of carbonyl (C=O) groups is 1. The molecule has 0 saturated heterocycles. The van der Waals surface area contributed by atoms with Gasteiger partial charge < -0.3 is 20.1 Å². The van der Waals surface area contributed by atoms with Crippen LogP contribution in [0.5, 0.6) is 5.75 Å². The lowest BCUT2D eigenvalue weighted by Gasteiger charge is -2.16. The van der Waals surface area contributed by atoms with Crippen LogP contribution in [0.4, 0.5) is 0 Å². The molecule has 1 aromatic rings. The molecule has 0 bridgehead atoms. The van der Waals surface area contributed by atoms with E-state index in [0.717, 1.165) is 0 Å². The number of hydrogen-bond donors (Lipinski definition) is 3. The van der Waals surface area contributed by atoms with Crippen molar-refractivity contribution in [2.24, 2.45) is 0 Å². The monoisotopic (exact) mass is 226 g/mol. The average Bonchev–Trinajstić information content (AvgIpc) is 2.27. The highest BCUT2D eigenvalue weighted by molar-refractivity contribution is 5.67. The molecule has 0 aliphatic heterocycles. The molecule has 2 unspecified atom stereocenters. The zero-order valence-corrected chi connectivity index (χ0v) is 8.83. The van der Waals surface area contributed by atoms with Crippen LogP contribution < -0.4 is 4.74 Å². The van der Waals surface area contributed by atoms with Gasteiger partial charge in [-0.15, -0.1) is 0 Å². The molecule has 0 fully saturated rings. The molecule has 5 nitrogen and oxygen atoms in total. The molecule has 0 radical (unpaired) electrons. The van der Waals surface area contributed by atoms with Gasteiger partial charge in [0.1, 0.15) is 11.9 Å². The highest BCUT2D eigenvalue weighted by atomic mass is 16.5. The molecule has 0 heterocycles. The van der Waals surface area contributed by atoms with Crippen LogP contribution in [0.15, 0.2) is 24.3 Å². The number of ether oxygens (including phenoxy) is 1. The van der Waals surface area contributed by atoms with E-state index in [1.54, 1.807) is 24.3 Å². The molecule has 0 aliphatic rings. The van der Waals surface area contributed by atoms with Gasteiger partial charge in [0.2, 0.25) is 0 Å². The lowest BCUT2D eigenvalue weighted by Crippen LogP contribution is -2.21. The molecule has 0 amide bonds. The first-order valence-corrected chi connectivity index (χ1v) is 4.76. The third-order valence-electron chi connectivity index (χ3n) is 2.21. The summed E-state index contributed by atoms with van der Waals surface area (Å²) in [5.74, 6) is -0.524. The Balaban J connectivity index is 2.71. The molecule has 3 N–H and O–H groups in total. The van der Waals surface area contributed by atoms with E-state index in [-0.39, 0.29) is 0 Å². The maximum atomic E-state index is 10.4. The average molecular weight is 226 g/mol.